The number of thiazole rings is 1. The fourth-order valence-electron chi connectivity index (χ4n) is 3.01. The van der Waals surface area contributed by atoms with Crippen molar-refractivity contribution in [1.82, 2.24) is 14.3 Å². The fourth-order valence-corrected chi connectivity index (χ4v) is 4.12. The maximum absolute atomic E-state index is 12.5. The Balaban J connectivity index is 2.07. The highest BCUT2D eigenvalue weighted by molar-refractivity contribution is 7.16. The number of fused-ring (bicyclic) bond motifs is 1. The summed E-state index contributed by atoms with van der Waals surface area (Å²) in [5.74, 6) is -0.204. The lowest BCUT2D eigenvalue weighted by molar-refractivity contribution is -0.118. The molecule has 0 saturated carbocycles. The van der Waals surface area contributed by atoms with Crippen molar-refractivity contribution in [3.63, 3.8) is 0 Å². The van der Waals surface area contributed by atoms with Crippen LogP contribution in [0.4, 0.5) is 0 Å². The molecular formula is C19H22N4OS. The monoisotopic (exact) mass is 354 g/mol. The molecule has 2 aromatic heterocycles. The molecule has 2 heterocycles. The zero-order valence-corrected chi connectivity index (χ0v) is 15.9. The molecule has 3 aromatic rings. The summed E-state index contributed by atoms with van der Waals surface area (Å²) in [4.78, 5) is 17.5. The van der Waals surface area contributed by atoms with Crippen molar-refractivity contribution in [2.75, 3.05) is 0 Å². The summed E-state index contributed by atoms with van der Waals surface area (Å²) >= 11 is 1.55. The lowest BCUT2D eigenvalue weighted by Gasteiger charge is -2.04. The summed E-state index contributed by atoms with van der Waals surface area (Å²) in [6, 6.07) is 6.24. The standard InChI is InChI=1S/C19H22N4OS/c1-6-7-22-16-9-12(2)8-13(3)18(16)25-19(22)20-17(24)11-23-15(5)10-14(4)21-23/h6,8-10H,1,7,11H2,2-5H3. The van der Waals surface area contributed by atoms with Gasteiger partial charge >= 0.3 is 0 Å². The molecule has 0 aliphatic heterocycles. The van der Waals surface area contributed by atoms with E-state index >= 15 is 0 Å². The van der Waals surface area contributed by atoms with Crippen LogP contribution in [-0.4, -0.2) is 20.3 Å². The fraction of sp³-hybridized carbons (Fsp3) is 0.316. The average Bonchev–Trinajstić information content (AvgIpc) is 3.01. The van der Waals surface area contributed by atoms with E-state index in [1.165, 1.54) is 11.1 Å². The van der Waals surface area contributed by atoms with E-state index in [2.05, 4.69) is 42.7 Å². The Bertz CT molecular complexity index is 1040. The third kappa shape index (κ3) is 3.49. The Morgan fingerprint density at radius 2 is 2.04 bits per heavy atom. The number of aryl methyl sites for hydroxylation is 4. The van der Waals surface area contributed by atoms with Crippen LogP contribution in [0.25, 0.3) is 10.2 Å². The first-order chi connectivity index (χ1) is 11.9. The van der Waals surface area contributed by atoms with Crippen LogP contribution in [-0.2, 0) is 17.9 Å². The van der Waals surface area contributed by atoms with E-state index in [0.717, 1.165) is 21.6 Å². The molecule has 0 fully saturated rings. The van der Waals surface area contributed by atoms with E-state index in [1.54, 1.807) is 16.0 Å². The minimum atomic E-state index is -0.204. The number of carbonyl (C=O) groups is 1. The predicted octanol–water partition coefficient (Wildman–Crippen LogP) is 3.45. The largest absolute Gasteiger partial charge is 0.312 e. The maximum atomic E-state index is 12.5. The quantitative estimate of drug-likeness (QED) is 0.674. The number of rotatable bonds is 4. The second-order valence-electron chi connectivity index (χ2n) is 6.30. The number of allylic oxidation sites excluding steroid dienone is 1. The van der Waals surface area contributed by atoms with Gasteiger partial charge < -0.3 is 4.57 Å². The van der Waals surface area contributed by atoms with Gasteiger partial charge in [0.2, 0.25) is 0 Å². The molecular weight excluding hydrogens is 332 g/mol. The van der Waals surface area contributed by atoms with E-state index in [1.807, 2.05) is 30.6 Å². The minimum absolute atomic E-state index is 0.153. The highest BCUT2D eigenvalue weighted by Gasteiger charge is 2.11. The van der Waals surface area contributed by atoms with Gasteiger partial charge in [-0.1, -0.05) is 23.5 Å². The lowest BCUT2D eigenvalue weighted by Crippen LogP contribution is -2.19. The Hall–Kier alpha value is -2.47. The van der Waals surface area contributed by atoms with Crippen molar-refractivity contribution in [1.29, 1.82) is 0 Å². The van der Waals surface area contributed by atoms with E-state index in [9.17, 15) is 4.79 Å². The van der Waals surface area contributed by atoms with Crippen LogP contribution in [0, 0.1) is 27.7 Å². The summed E-state index contributed by atoms with van der Waals surface area (Å²) in [7, 11) is 0. The van der Waals surface area contributed by atoms with Gasteiger partial charge in [-0.15, -0.1) is 6.58 Å². The smallest absolute Gasteiger partial charge is 0.270 e. The van der Waals surface area contributed by atoms with Gasteiger partial charge in [0.15, 0.2) is 4.80 Å². The first kappa shape index (κ1) is 17.4. The van der Waals surface area contributed by atoms with Crippen molar-refractivity contribution in [3.8, 4) is 0 Å². The molecule has 1 amide bonds. The van der Waals surface area contributed by atoms with Crippen molar-refractivity contribution in [3.05, 3.63) is 58.2 Å². The average molecular weight is 354 g/mol. The Kier molecular flexibility index (Phi) is 4.72. The van der Waals surface area contributed by atoms with Crippen LogP contribution in [0.1, 0.15) is 22.5 Å². The number of hydrogen-bond donors (Lipinski definition) is 0. The SMILES string of the molecule is C=CCn1c(=NC(=O)Cn2nc(C)cc2C)sc2c(C)cc(C)cc21. The number of benzene rings is 1. The molecule has 1 aromatic carbocycles. The van der Waals surface area contributed by atoms with E-state index < -0.39 is 0 Å². The first-order valence-electron chi connectivity index (χ1n) is 8.19. The Morgan fingerprint density at radius 1 is 1.28 bits per heavy atom. The molecule has 0 bridgehead atoms. The van der Waals surface area contributed by atoms with Crippen molar-refractivity contribution < 1.29 is 4.79 Å². The molecule has 0 spiro atoms. The molecule has 3 rings (SSSR count). The summed E-state index contributed by atoms with van der Waals surface area (Å²) < 4.78 is 4.90. The molecule has 0 radical (unpaired) electrons. The van der Waals surface area contributed by atoms with E-state index in [-0.39, 0.29) is 12.5 Å². The number of aromatic nitrogens is 3. The number of hydrogen-bond acceptors (Lipinski definition) is 3. The van der Waals surface area contributed by atoms with Crippen LogP contribution >= 0.6 is 11.3 Å². The molecule has 0 aliphatic rings. The van der Waals surface area contributed by atoms with E-state index in [4.69, 9.17) is 0 Å². The Labute approximate surface area is 150 Å². The molecule has 25 heavy (non-hydrogen) atoms. The molecule has 0 aliphatic carbocycles. The van der Waals surface area contributed by atoms with Gasteiger partial charge in [-0.25, -0.2) is 0 Å². The lowest BCUT2D eigenvalue weighted by atomic mass is 10.1. The van der Waals surface area contributed by atoms with Gasteiger partial charge in [0.25, 0.3) is 5.91 Å². The van der Waals surface area contributed by atoms with Gasteiger partial charge in [-0.05, 0) is 51.0 Å². The van der Waals surface area contributed by atoms with Gasteiger partial charge in [-0.3, -0.25) is 9.48 Å². The summed E-state index contributed by atoms with van der Waals surface area (Å²) in [5.41, 5.74) is 5.36. The third-order valence-electron chi connectivity index (χ3n) is 4.03. The van der Waals surface area contributed by atoms with Crippen LogP contribution in [0.3, 0.4) is 0 Å². The van der Waals surface area contributed by atoms with Crippen LogP contribution < -0.4 is 4.80 Å². The molecule has 130 valence electrons. The highest BCUT2D eigenvalue weighted by Crippen LogP contribution is 2.23. The van der Waals surface area contributed by atoms with Crippen molar-refractivity contribution in [2.24, 2.45) is 4.99 Å². The van der Waals surface area contributed by atoms with E-state index in [0.29, 0.717) is 11.3 Å². The molecule has 0 unspecified atom stereocenters. The second-order valence-corrected chi connectivity index (χ2v) is 7.28. The van der Waals surface area contributed by atoms with Gasteiger partial charge in [0.1, 0.15) is 6.54 Å². The van der Waals surface area contributed by atoms with Crippen molar-refractivity contribution in [2.45, 2.75) is 40.8 Å². The zero-order valence-electron chi connectivity index (χ0n) is 15.0. The minimum Gasteiger partial charge on any atom is -0.312 e. The summed E-state index contributed by atoms with van der Waals surface area (Å²) in [6.45, 7) is 12.6. The predicted molar refractivity (Wildman–Crippen MR) is 102 cm³/mol. The third-order valence-corrected chi connectivity index (χ3v) is 5.26. The van der Waals surface area contributed by atoms with Gasteiger partial charge in [-0.2, -0.15) is 10.1 Å². The molecule has 0 saturated heterocycles. The van der Waals surface area contributed by atoms with Gasteiger partial charge in [0.05, 0.1) is 15.9 Å². The number of carbonyl (C=O) groups excluding carboxylic acids is 1. The van der Waals surface area contributed by atoms with Crippen LogP contribution in [0.2, 0.25) is 0 Å². The topological polar surface area (TPSA) is 52.2 Å². The zero-order chi connectivity index (χ0) is 18.1. The van der Waals surface area contributed by atoms with Crippen molar-refractivity contribution >= 4 is 27.5 Å². The summed E-state index contributed by atoms with van der Waals surface area (Å²) in [5, 5.41) is 4.34. The van der Waals surface area contributed by atoms with Gasteiger partial charge in [0, 0.05) is 12.2 Å². The second kappa shape index (κ2) is 6.80. The van der Waals surface area contributed by atoms with Crippen LogP contribution in [0.5, 0.6) is 0 Å². The van der Waals surface area contributed by atoms with Crippen LogP contribution in [0.15, 0.2) is 35.8 Å². The highest BCUT2D eigenvalue weighted by atomic mass is 32.1. The maximum Gasteiger partial charge on any atom is 0.270 e. The Morgan fingerprint density at radius 3 is 2.68 bits per heavy atom. The number of amides is 1. The first-order valence-corrected chi connectivity index (χ1v) is 9.01. The summed E-state index contributed by atoms with van der Waals surface area (Å²) in [6.07, 6.45) is 1.83. The molecule has 5 nitrogen and oxygen atoms in total. The molecule has 6 heteroatoms. The molecule has 0 N–H and O–H groups in total. The normalized spacial score (nSPS) is 12.1. The molecule has 0 atom stereocenters. The number of nitrogens with zero attached hydrogens (tertiary/aromatic N) is 4.